The van der Waals surface area contributed by atoms with Crippen LogP contribution in [0, 0.1) is 5.92 Å². The fraction of sp³-hybridized carbons (Fsp3) is 0.692. The van der Waals surface area contributed by atoms with Crippen LogP contribution in [0.4, 0.5) is 0 Å². The Kier molecular flexibility index (Phi) is 5.67. The Morgan fingerprint density at radius 2 is 2.10 bits per heavy atom. The van der Waals surface area contributed by atoms with Crippen LogP contribution in [0.1, 0.15) is 26.7 Å². The Labute approximate surface area is 118 Å². The van der Waals surface area contributed by atoms with E-state index in [1.54, 1.807) is 0 Å². The molecule has 0 saturated carbocycles. The summed E-state index contributed by atoms with van der Waals surface area (Å²) in [5.74, 6) is -0.828. The zero-order valence-corrected chi connectivity index (χ0v) is 11.9. The third-order valence-electron chi connectivity index (χ3n) is 3.32. The fourth-order valence-electron chi connectivity index (χ4n) is 2.19. The van der Waals surface area contributed by atoms with E-state index < -0.39 is 36.1 Å². The van der Waals surface area contributed by atoms with Crippen LogP contribution >= 0.6 is 0 Å². The van der Waals surface area contributed by atoms with Crippen molar-refractivity contribution in [3.63, 3.8) is 0 Å². The molecule has 8 N–H and O–H groups in total. The summed E-state index contributed by atoms with van der Waals surface area (Å²) < 4.78 is 0. The molecule has 2 amide bonds. The van der Waals surface area contributed by atoms with Crippen LogP contribution in [-0.4, -0.2) is 46.3 Å². The summed E-state index contributed by atoms with van der Waals surface area (Å²) in [4.78, 5) is 23.4. The van der Waals surface area contributed by atoms with E-state index in [0.717, 1.165) is 0 Å². The van der Waals surface area contributed by atoms with Crippen molar-refractivity contribution >= 4 is 11.8 Å². The Hall–Kier alpha value is -1.44. The average Bonchev–Trinajstić information content (AvgIpc) is 2.33. The van der Waals surface area contributed by atoms with Gasteiger partial charge >= 0.3 is 0 Å². The smallest absolute Gasteiger partial charge is 0.247 e. The monoisotopic (exact) mass is 286 g/mol. The van der Waals surface area contributed by atoms with Crippen LogP contribution in [0.25, 0.3) is 0 Å². The summed E-state index contributed by atoms with van der Waals surface area (Å²) in [6.07, 6.45) is -0.00540. The van der Waals surface area contributed by atoms with Gasteiger partial charge in [0.2, 0.25) is 11.8 Å². The first-order valence-electron chi connectivity index (χ1n) is 6.72. The molecular weight excluding hydrogens is 262 g/mol. The lowest BCUT2D eigenvalue weighted by atomic mass is 9.90. The Bertz CT molecular complexity index is 408. The number of nitrogens with one attached hydrogen (secondary N) is 1. The summed E-state index contributed by atoms with van der Waals surface area (Å²) in [5, 5.41) is 21.8. The topological polar surface area (TPSA) is 140 Å². The molecule has 4 atom stereocenters. The first-order valence-corrected chi connectivity index (χ1v) is 6.72. The Morgan fingerprint density at radius 1 is 1.50 bits per heavy atom. The van der Waals surface area contributed by atoms with E-state index in [9.17, 15) is 19.8 Å². The first-order chi connectivity index (χ1) is 9.22. The zero-order valence-electron chi connectivity index (χ0n) is 11.9. The SMILES string of the molecule is CC(C)C[C@@H](NC(=O)C1=C[C@@H]([NH3+])[C@@H](O)[C@H](O)C1)C(N)=O. The van der Waals surface area contributed by atoms with E-state index in [2.05, 4.69) is 11.1 Å². The van der Waals surface area contributed by atoms with Crippen molar-refractivity contribution in [3.05, 3.63) is 11.6 Å². The second-order valence-electron chi connectivity index (χ2n) is 5.68. The molecule has 20 heavy (non-hydrogen) atoms. The molecule has 114 valence electrons. The minimum Gasteiger partial charge on any atom is -0.390 e. The van der Waals surface area contributed by atoms with Gasteiger partial charge in [0.1, 0.15) is 18.2 Å². The average molecular weight is 286 g/mol. The lowest BCUT2D eigenvalue weighted by molar-refractivity contribution is -0.426. The maximum Gasteiger partial charge on any atom is 0.247 e. The highest BCUT2D eigenvalue weighted by atomic mass is 16.3. The maximum atomic E-state index is 12.1. The number of hydrogen-bond acceptors (Lipinski definition) is 4. The molecule has 0 aromatic heterocycles. The number of primary amides is 1. The van der Waals surface area contributed by atoms with E-state index in [0.29, 0.717) is 12.0 Å². The maximum absolute atomic E-state index is 12.1. The third kappa shape index (κ3) is 4.29. The van der Waals surface area contributed by atoms with Crippen LogP contribution in [-0.2, 0) is 9.59 Å². The minimum absolute atomic E-state index is 0.0339. The van der Waals surface area contributed by atoms with Gasteiger partial charge in [-0.2, -0.15) is 0 Å². The molecule has 0 heterocycles. The van der Waals surface area contributed by atoms with Gasteiger partial charge in [-0.25, -0.2) is 0 Å². The van der Waals surface area contributed by atoms with Crippen molar-refractivity contribution in [1.29, 1.82) is 0 Å². The van der Waals surface area contributed by atoms with Gasteiger partial charge in [-0.15, -0.1) is 0 Å². The number of nitrogens with two attached hydrogens (primary N) is 1. The van der Waals surface area contributed by atoms with Gasteiger partial charge in [-0.05, 0) is 18.4 Å². The van der Waals surface area contributed by atoms with Crippen molar-refractivity contribution in [1.82, 2.24) is 5.32 Å². The van der Waals surface area contributed by atoms with Crippen LogP contribution in [0.15, 0.2) is 11.6 Å². The Balaban J connectivity index is 2.74. The van der Waals surface area contributed by atoms with Crippen molar-refractivity contribution in [2.75, 3.05) is 0 Å². The molecule has 0 saturated heterocycles. The van der Waals surface area contributed by atoms with Crippen molar-refractivity contribution in [2.45, 2.75) is 51.0 Å². The van der Waals surface area contributed by atoms with E-state index in [-0.39, 0.29) is 12.3 Å². The predicted octanol–water partition coefficient (Wildman–Crippen LogP) is -2.33. The van der Waals surface area contributed by atoms with Gasteiger partial charge < -0.3 is 27.0 Å². The van der Waals surface area contributed by atoms with Gasteiger partial charge in [0.05, 0.1) is 6.10 Å². The molecule has 0 unspecified atom stereocenters. The highest BCUT2D eigenvalue weighted by Gasteiger charge is 2.33. The van der Waals surface area contributed by atoms with Gasteiger partial charge in [0.15, 0.2) is 0 Å². The lowest BCUT2D eigenvalue weighted by Gasteiger charge is -2.26. The van der Waals surface area contributed by atoms with Gasteiger partial charge in [0, 0.05) is 12.0 Å². The minimum atomic E-state index is -1.03. The normalized spacial score (nSPS) is 27.9. The number of aliphatic hydroxyl groups is 2. The summed E-state index contributed by atoms with van der Waals surface area (Å²) in [7, 11) is 0. The van der Waals surface area contributed by atoms with E-state index >= 15 is 0 Å². The summed E-state index contributed by atoms with van der Waals surface area (Å²) in [6.45, 7) is 3.85. The number of quaternary nitrogens is 1. The Morgan fingerprint density at radius 3 is 2.55 bits per heavy atom. The summed E-state index contributed by atoms with van der Waals surface area (Å²) in [5.41, 5.74) is 9.25. The van der Waals surface area contributed by atoms with Crippen LogP contribution in [0.2, 0.25) is 0 Å². The molecule has 0 spiro atoms. The highest BCUT2D eigenvalue weighted by Crippen LogP contribution is 2.18. The quantitative estimate of drug-likeness (QED) is 0.386. The van der Waals surface area contributed by atoms with Gasteiger partial charge in [-0.1, -0.05) is 13.8 Å². The molecule has 0 bridgehead atoms. The number of carbonyl (C=O) groups is 2. The fourth-order valence-corrected chi connectivity index (χ4v) is 2.19. The van der Waals surface area contributed by atoms with Crippen molar-refractivity contribution < 1.29 is 25.5 Å². The molecule has 1 rings (SSSR count). The molecule has 1 aliphatic carbocycles. The molecule has 0 aromatic rings. The molecule has 0 fully saturated rings. The number of rotatable bonds is 5. The van der Waals surface area contributed by atoms with Gasteiger partial charge in [0.25, 0.3) is 0 Å². The highest BCUT2D eigenvalue weighted by molar-refractivity contribution is 5.97. The van der Waals surface area contributed by atoms with E-state index in [4.69, 9.17) is 5.73 Å². The molecule has 0 aromatic carbocycles. The van der Waals surface area contributed by atoms with Crippen LogP contribution in [0.3, 0.4) is 0 Å². The van der Waals surface area contributed by atoms with E-state index in [1.807, 2.05) is 13.8 Å². The largest absolute Gasteiger partial charge is 0.390 e. The van der Waals surface area contributed by atoms with Gasteiger partial charge in [-0.3, -0.25) is 9.59 Å². The van der Waals surface area contributed by atoms with Crippen molar-refractivity contribution in [3.8, 4) is 0 Å². The molecule has 1 aliphatic rings. The second kappa shape index (κ2) is 6.83. The van der Waals surface area contributed by atoms with Crippen LogP contribution in [0.5, 0.6) is 0 Å². The predicted molar refractivity (Wildman–Crippen MR) is 72.0 cm³/mol. The number of aliphatic hydroxyl groups excluding tert-OH is 2. The molecule has 0 aliphatic heterocycles. The van der Waals surface area contributed by atoms with E-state index in [1.165, 1.54) is 6.08 Å². The van der Waals surface area contributed by atoms with Crippen LogP contribution < -0.4 is 16.8 Å². The number of hydrogen-bond donors (Lipinski definition) is 5. The standard InChI is InChI=1S/C13H23N3O4/c1-6(2)3-9(12(15)19)16-13(20)7-4-8(14)11(18)10(17)5-7/h4,6,8-11,17-18H,3,5,14H2,1-2H3,(H2,15,19)(H,16,20)/p+1/t8-,9-,10-,11-/m1/s1. The molecule has 0 radical (unpaired) electrons. The zero-order chi connectivity index (χ0) is 15.4. The molecule has 7 heteroatoms. The third-order valence-corrected chi connectivity index (χ3v) is 3.32. The molecular formula is C13H24N3O4+. The number of carbonyl (C=O) groups excluding carboxylic acids is 2. The molecule has 7 nitrogen and oxygen atoms in total. The lowest BCUT2D eigenvalue weighted by Crippen LogP contribution is -2.69. The number of amides is 2. The van der Waals surface area contributed by atoms with Crippen molar-refractivity contribution in [2.24, 2.45) is 11.7 Å². The summed E-state index contributed by atoms with van der Waals surface area (Å²) >= 11 is 0. The summed E-state index contributed by atoms with van der Waals surface area (Å²) in [6, 6.07) is -1.30. The second-order valence-corrected chi connectivity index (χ2v) is 5.68. The first kappa shape index (κ1) is 16.6.